The number of nitrogens with two attached hydrogens (primary N) is 1. The predicted molar refractivity (Wildman–Crippen MR) is 95.8 cm³/mol. The molecule has 1 amide bonds. The molecular formula is C20H19FN2O3. The lowest BCUT2D eigenvalue weighted by Crippen LogP contribution is -2.24. The molecular weight excluding hydrogens is 335 g/mol. The highest BCUT2D eigenvalue weighted by Gasteiger charge is 2.33. The molecule has 6 heteroatoms. The molecule has 0 aliphatic heterocycles. The molecule has 2 aromatic rings. The van der Waals surface area contributed by atoms with Crippen molar-refractivity contribution < 1.29 is 19.4 Å². The molecule has 0 spiro atoms. The third kappa shape index (κ3) is 3.56. The number of benzene rings is 1. The zero-order chi connectivity index (χ0) is 18.7. The number of primary amides is 1. The van der Waals surface area contributed by atoms with Crippen molar-refractivity contribution in [2.45, 2.75) is 18.2 Å². The van der Waals surface area contributed by atoms with Crippen LogP contribution < -0.4 is 5.73 Å². The molecule has 1 aliphatic rings. The summed E-state index contributed by atoms with van der Waals surface area (Å²) >= 11 is 0. The Morgan fingerprint density at radius 3 is 2.62 bits per heavy atom. The van der Waals surface area contributed by atoms with Gasteiger partial charge in [0, 0.05) is 6.42 Å². The minimum absolute atomic E-state index is 0.0254. The molecule has 4 N–H and O–H groups in total. The number of allylic oxidation sites excluding steroid dienone is 4. The summed E-state index contributed by atoms with van der Waals surface area (Å²) in [5.74, 6) is -0.831. The van der Waals surface area contributed by atoms with Crippen molar-refractivity contribution in [2.75, 3.05) is 6.61 Å². The maximum atomic E-state index is 15.5. The Hall–Kier alpha value is -2.83. The minimum Gasteiger partial charge on any atom is -0.393 e. The minimum atomic E-state index is -1.94. The number of carbonyl (C=O) groups is 1. The van der Waals surface area contributed by atoms with Crippen molar-refractivity contribution in [3.63, 3.8) is 0 Å². The maximum Gasteiger partial charge on any atom is 0.267 e. The van der Waals surface area contributed by atoms with E-state index in [0.717, 1.165) is 11.1 Å². The van der Waals surface area contributed by atoms with E-state index in [0.29, 0.717) is 0 Å². The summed E-state index contributed by atoms with van der Waals surface area (Å²) < 4.78 is 15.5. The number of aromatic nitrogens is 1. The van der Waals surface area contributed by atoms with E-state index in [1.54, 1.807) is 12.2 Å². The molecule has 1 heterocycles. The number of nitrogens with zero attached hydrogens (tertiary/aromatic N) is 1. The van der Waals surface area contributed by atoms with E-state index in [1.807, 2.05) is 30.3 Å². The van der Waals surface area contributed by atoms with Crippen LogP contribution in [0.25, 0.3) is 5.57 Å². The van der Waals surface area contributed by atoms with Crippen molar-refractivity contribution >= 4 is 11.5 Å². The highest BCUT2D eigenvalue weighted by atomic mass is 19.1. The summed E-state index contributed by atoms with van der Waals surface area (Å²) in [4.78, 5) is 15.5. The maximum absolute atomic E-state index is 15.5. The first-order chi connectivity index (χ1) is 12.4. The van der Waals surface area contributed by atoms with E-state index < -0.39 is 24.3 Å². The van der Waals surface area contributed by atoms with Gasteiger partial charge in [0.25, 0.3) is 5.91 Å². The average molecular weight is 354 g/mol. The lowest BCUT2D eigenvalue weighted by molar-refractivity contribution is 0.0942. The number of pyridine rings is 1. The van der Waals surface area contributed by atoms with E-state index >= 15 is 4.39 Å². The largest absolute Gasteiger partial charge is 0.393 e. The van der Waals surface area contributed by atoms with Crippen LogP contribution in [0.3, 0.4) is 0 Å². The number of amides is 1. The van der Waals surface area contributed by atoms with Crippen molar-refractivity contribution in [3.8, 4) is 0 Å². The zero-order valence-corrected chi connectivity index (χ0v) is 14.0. The number of aliphatic hydroxyl groups excluding tert-OH is 2. The van der Waals surface area contributed by atoms with Crippen LogP contribution in [0.2, 0.25) is 0 Å². The van der Waals surface area contributed by atoms with Crippen LogP contribution in [0.4, 0.5) is 4.39 Å². The molecule has 1 aliphatic carbocycles. The highest BCUT2D eigenvalue weighted by molar-refractivity contribution is 5.91. The Morgan fingerprint density at radius 1 is 1.31 bits per heavy atom. The average Bonchev–Trinajstić information content (AvgIpc) is 2.68. The number of hydrogen-bond acceptors (Lipinski definition) is 4. The summed E-state index contributed by atoms with van der Waals surface area (Å²) in [7, 11) is 0. The van der Waals surface area contributed by atoms with Gasteiger partial charge in [0.1, 0.15) is 11.8 Å². The van der Waals surface area contributed by atoms with Crippen molar-refractivity contribution in [1.29, 1.82) is 0 Å². The molecule has 1 aromatic heterocycles. The van der Waals surface area contributed by atoms with Gasteiger partial charge in [-0.2, -0.15) is 0 Å². The SMILES string of the molecule is NC(=O)c1cc(C(O)CO)cc([C@@]2(F)C=CC(c3ccccc3)=CC2)n1. The second-order valence-corrected chi connectivity index (χ2v) is 6.16. The van der Waals surface area contributed by atoms with E-state index in [1.165, 1.54) is 18.2 Å². The molecule has 1 aromatic carbocycles. The fourth-order valence-corrected chi connectivity index (χ4v) is 2.84. The van der Waals surface area contributed by atoms with Crippen LogP contribution >= 0.6 is 0 Å². The second-order valence-electron chi connectivity index (χ2n) is 6.16. The van der Waals surface area contributed by atoms with Crippen LogP contribution in [-0.4, -0.2) is 27.7 Å². The summed E-state index contributed by atoms with van der Waals surface area (Å²) in [6, 6.07) is 12.2. The Kier molecular flexibility index (Phi) is 4.97. The standard InChI is InChI=1S/C20H19FN2O3/c21-20(8-6-14(7-9-20)13-4-2-1-3-5-13)18-11-15(17(25)12-24)10-16(23-18)19(22)26/h1-8,10-11,17,24-25H,9,12H2,(H2,22,26)/t17?,20-/m1/s1. The number of halogens is 1. The van der Waals surface area contributed by atoms with Crippen LogP contribution in [0.15, 0.2) is 60.7 Å². The molecule has 2 atom stereocenters. The van der Waals surface area contributed by atoms with E-state index in [-0.39, 0.29) is 23.4 Å². The number of alkyl halides is 1. The Bertz CT molecular complexity index is 880. The fourth-order valence-electron chi connectivity index (χ4n) is 2.84. The van der Waals surface area contributed by atoms with Gasteiger partial charge < -0.3 is 15.9 Å². The number of hydrogen-bond donors (Lipinski definition) is 3. The Morgan fingerprint density at radius 2 is 2.04 bits per heavy atom. The Labute approximate surface area is 150 Å². The second kappa shape index (κ2) is 7.19. The number of carbonyl (C=O) groups excluding carboxylic acids is 1. The molecule has 0 radical (unpaired) electrons. The van der Waals surface area contributed by atoms with Gasteiger partial charge in [-0.3, -0.25) is 4.79 Å². The molecule has 134 valence electrons. The van der Waals surface area contributed by atoms with Crippen LogP contribution in [-0.2, 0) is 5.67 Å². The zero-order valence-electron chi connectivity index (χ0n) is 14.0. The molecule has 0 bridgehead atoms. The molecule has 3 rings (SSSR count). The third-order valence-electron chi connectivity index (χ3n) is 4.34. The van der Waals surface area contributed by atoms with E-state index in [2.05, 4.69) is 4.98 Å². The molecule has 0 saturated carbocycles. The molecule has 0 saturated heterocycles. The molecule has 1 unspecified atom stereocenters. The van der Waals surface area contributed by atoms with E-state index in [9.17, 15) is 9.90 Å². The Balaban J connectivity index is 1.96. The molecule has 0 fully saturated rings. The summed E-state index contributed by atoms with van der Waals surface area (Å²) in [5.41, 5.74) is 5.19. The fraction of sp³-hybridized carbons (Fsp3) is 0.200. The van der Waals surface area contributed by atoms with Crippen LogP contribution in [0.5, 0.6) is 0 Å². The predicted octanol–water partition coefficient (Wildman–Crippen LogP) is 2.41. The summed E-state index contributed by atoms with van der Waals surface area (Å²) in [6.45, 7) is -0.561. The van der Waals surface area contributed by atoms with Gasteiger partial charge in [-0.25, -0.2) is 9.37 Å². The van der Waals surface area contributed by atoms with Gasteiger partial charge in [0.15, 0.2) is 5.67 Å². The smallest absolute Gasteiger partial charge is 0.267 e. The van der Waals surface area contributed by atoms with E-state index in [4.69, 9.17) is 10.8 Å². The molecule has 26 heavy (non-hydrogen) atoms. The lowest BCUT2D eigenvalue weighted by Gasteiger charge is -2.25. The first kappa shape index (κ1) is 18.0. The molecule has 5 nitrogen and oxygen atoms in total. The number of aliphatic hydroxyl groups is 2. The van der Waals surface area contributed by atoms with Crippen LogP contribution in [0, 0.1) is 0 Å². The van der Waals surface area contributed by atoms with Gasteiger partial charge >= 0.3 is 0 Å². The third-order valence-corrected chi connectivity index (χ3v) is 4.34. The first-order valence-electron chi connectivity index (χ1n) is 8.18. The number of rotatable bonds is 5. The quantitative estimate of drug-likeness (QED) is 0.768. The summed E-state index contributed by atoms with van der Waals surface area (Å²) in [5, 5.41) is 19.0. The van der Waals surface area contributed by atoms with Gasteiger partial charge in [0.2, 0.25) is 0 Å². The van der Waals surface area contributed by atoms with Crippen molar-refractivity contribution in [1.82, 2.24) is 4.98 Å². The summed E-state index contributed by atoms with van der Waals surface area (Å²) in [6.07, 6.45) is 3.59. The normalized spacial score (nSPS) is 20.5. The van der Waals surface area contributed by atoms with Gasteiger partial charge in [-0.15, -0.1) is 0 Å². The van der Waals surface area contributed by atoms with Gasteiger partial charge in [0.05, 0.1) is 12.3 Å². The van der Waals surface area contributed by atoms with Crippen LogP contribution in [0.1, 0.15) is 39.8 Å². The van der Waals surface area contributed by atoms with Gasteiger partial charge in [-0.1, -0.05) is 42.5 Å². The topological polar surface area (TPSA) is 96.4 Å². The van der Waals surface area contributed by atoms with Crippen molar-refractivity contribution in [3.05, 3.63) is 83.2 Å². The highest BCUT2D eigenvalue weighted by Crippen LogP contribution is 2.37. The first-order valence-corrected chi connectivity index (χ1v) is 8.18. The lowest BCUT2D eigenvalue weighted by atomic mass is 9.87. The van der Waals surface area contributed by atoms with Crippen molar-refractivity contribution in [2.24, 2.45) is 5.73 Å². The van der Waals surface area contributed by atoms with Gasteiger partial charge in [-0.05, 0) is 34.9 Å². The monoisotopic (exact) mass is 354 g/mol.